The van der Waals surface area contributed by atoms with Crippen molar-refractivity contribution in [1.82, 2.24) is 9.13 Å². The Kier molecular flexibility index (Phi) is 4.40. The van der Waals surface area contributed by atoms with E-state index < -0.39 is 34.2 Å². The number of hydrogen-bond acceptors (Lipinski definition) is 6. The first-order chi connectivity index (χ1) is 16.2. The molecular formula is C24H12N2O8. The standard InChI is InChI=1S/C24H12N2O8/c27-19-13-9-15-16(22(30)26(21(15)29)18-8-4-2-6-12(18)24(33)34)10-14(13)20(28)25(19)17-7-3-1-5-11(17)23(31)32/h1-10H,(H,31,32)(H,33,34). The largest absolute Gasteiger partial charge is 0.478 e. The number of fused-ring (bicyclic) bond motifs is 2. The van der Waals surface area contributed by atoms with Gasteiger partial charge in [0.25, 0.3) is 22.2 Å². The second-order valence-corrected chi connectivity index (χ2v) is 7.48. The van der Waals surface area contributed by atoms with Crippen LogP contribution in [0.4, 0.5) is 0 Å². The molecular weight excluding hydrogens is 444 g/mol. The Morgan fingerprint density at radius 2 is 0.824 bits per heavy atom. The molecule has 5 rings (SSSR count). The Morgan fingerprint density at radius 1 is 0.529 bits per heavy atom. The van der Waals surface area contributed by atoms with E-state index in [2.05, 4.69) is 0 Å². The van der Waals surface area contributed by atoms with E-state index in [-0.39, 0.29) is 44.0 Å². The van der Waals surface area contributed by atoms with Crippen LogP contribution in [0.5, 0.6) is 0 Å². The molecule has 166 valence electrons. The van der Waals surface area contributed by atoms with E-state index in [9.17, 15) is 39.0 Å². The van der Waals surface area contributed by atoms with E-state index in [4.69, 9.17) is 0 Å². The lowest BCUT2D eigenvalue weighted by atomic mass is 10.1. The van der Waals surface area contributed by atoms with Crippen molar-refractivity contribution in [1.29, 1.82) is 0 Å². The van der Waals surface area contributed by atoms with Crippen LogP contribution in [0.1, 0.15) is 20.7 Å². The number of para-hydroxylation sites is 2. The zero-order chi connectivity index (χ0) is 24.3. The lowest BCUT2D eigenvalue weighted by Gasteiger charge is -2.04. The van der Waals surface area contributed by atoms with Crippen molar-refractivity contribution in [2.24, 2.45) is 0 Å². The third-order valence-corrected chi connectivity index (χ3v) is 5.64. The van der Waals surface area contributed by atoms with Crippen LogP contribution in [0.25, 0.3) is 32.9 Å². The molecule has 2 aromatic heterocycles. The topological polar surface area (TPSA) is 153 Å². The van der Waals surface area contributed by atoms with E-state index in [0.29, 0.717) is 9.13 Å². The molecule has 0 fully saturated rings. The highest BCUT2D eigenvalue weighted by molar-refractivity contribution is 5.99. The molecule has 10 heteroatoms. The number of carboxylic acids is 2. The van der Waals surface area contributed by atoms with Crippen molar-refractivity contribution < 1.29 is 19.8 Å². The van der Waals surface area contributed by atoms with Crippen LogP contribution in [-0.2, 0) is 0 Å². The minimum atomic E-state index is -1.34. The minimum Gasteiger partial charge on any atom is -0.478 e. The monoisotopic (exact) mass is 456 g/mol. The highest BCUT2D eigenvalue weighted by Gasteiger charge is 2.24. The van der Waals surface area contributed by atoms with Crippen molar-refractivity contribution in [3.05, 3.63) is 113 Å². The fraction of sp³-hybridized carbons (Fsp3) is 0. The Morgan fingerprint density at radius 3 is 1.12 bits per heavy atom. The van der Waals surface area contributed by atoms with E-state index in [1.54, 1.807) is 0 Å². The molecule has 3 aromatic carbocycles. The highest BCUT2D eigenvalue weighted by atomic mass is 16.4. The van der Waals surface area contributed by atoms with E-state index >= 15 is 0 Å². The van der Waals surface area contributed by atoms with Gasteiger partial charge in [-0.3, -0.25) is 19.2 Å². The van der Waals surface area contributed by atoms with Gasteiger partial charge < -0.3 is 10.2 Å². The lowest BCUT2D eigenvalue weighted by molar-refractivity contribution is 0.0686. The summed E-state index contributed by atoms with van der Waals surface area (Å²) in [5.41, 5.74) is -4.21. The maximum Gasteiger partial charge on any atom is 0.337 e. The normalized spacial score (nSPS) is 11.3. The second-order valence-electron chi connectivity index (χ2n) is 7.48. The minimum absolute atomic E-state index is 0.143. The van der Waals surface area contributed by atoms with Crippen LogP contribution in [0.3, 0.4) is 0 Å². The number of nitrogens with zero attached hydrogens (tertiary/aromatic N) is 2. The predicted molar refractivity (Wildman–Crippen MR) is 121 cm³/mol. The van der Waals surface area contributed by atoms with Crippen molar-refractivity contribution >= 4 is 33.5 Å². The molecule has 0 unspecified atom stereocenters. The van der Waals surface area contributed by atoms with Gasteiger partial charge in [0.2, 0.25) is 0 Å². The van der Waals surface area contributed by atoms with Gasteiger partial charge in [0.15, 0.2) is 0 Å². The zero-order valence-corrected chi connectivity index (χ0v) is 17.0. The summed E-state index contributed by atoms with van der Waals surface area (Å²) in [6.45, 7) is 0. The molecule has 34 heavy (non-hydrogen) atoms. The molecule has 2 heterocycles. The third-order valence-electron chi connectivity index (χ3n) is 5.64. The van der Waals surface area contributed by atoms with Gasteiger partial charge in [-0.05, 0) is 36.4 Å². The SMILES string of the molecule is O=C(O)c1ccccc1-n1c(=O)c2cc3c(=O)n(-c4ccccc4C(=O)O)c(=O)c3cc2c1=O. The van der Waals surface area contributed by atoms with Gasteiger partial charge in [-0.15, -0.1) is 0 Å². The van der Waals surface area contributed by atoms with Gasteiger partial charge in [0.1, 0.15) is 0 Å². The first-order valence-electron chi connectivity index (χ1n) is 9.82. The number of carboxylic acid groups (broad SMARTS) is 2. The number of rotatable bonds is 4. The summed E-state index contributed by atoms with van der Waals surface area (Å²) in [6.07, 6.45) is 0. The highest BCUT2D eigenvalue weighted by Crippen LogP contribution is 2.20. The zero-order valence-electron chi connectivity index (χ0n) is 17.0. The van der Waals surface area contributed by atoms with Gasteiger partial charge in [0.05, 0.1) is 44.0 Å². The number of benzene rings is 3. The quantitative estimate of drug-likeness (QED) is 0.410. The Labute approximate surface area is 187 Å². The molecule has 0 amide bonds. The Hall–Kier alpha value is -5.12. The van der Waals surface area contributed by atoms with Crippen LogP contribution in [0, 0.1) is 0 Å². The number of aromatic nitrogens is 2. The fourth-order valence-corrected chi connectivity index (χ4v) is 4.11. The summed E-state index contributed by atoms with van der Waals surface area (Å²) in [6, 6.07) is 13.1. The second kappa shape index (κ2) is 7.20. The van der Waals surface area contributed by atoms with Crippen molar-refractivity contribution in [2.45, 2.75) is 0 Å². The summed E-state index contributed by atoms with van der Waals surface area (Å²) in [4.78, 5) is 75.5. The summed E-state index contributed by atoms with van der Waals surface area (Å²) in [5.74, 6) is -2.68. The van der Waals surface area contributed by atoms with Gasteiger partial charge in [-0.2, -0.15) is 0 Å². The molecule has 0 spiro atoms. The van der Waals surface area contributed by atoms with E-state index in [1.165, 1.54) is 48.5 Å². The van der Waals surface area contributed by atoms with Gasteiger partial charge in [-0.1, -0.05) is 24.3 Å². The number of carbonyl (C=O) groups is 2. The smallest absolute Gasteiger partial charge is 0.337 e. The van der Waals surface area contributed by atoms with Crippen LogP contribution in [0.2, 0.25) is 0 Å². The molecule has 0 aliphatic carbocycles. The molecule has 0 atom stereocenters. The first-order valence-corrected chi connectivity index (χ1v) is 9.82. The Balaban J connectivity index is 1.86. The third kappa shape index (κ3) is 2.75. The molecule has 0 saturated heterocycles. The van der Waals surface area contributed by atoms with Crippen molar-refractivity contribution in [3.8, 4) is 11.4 Å². The van der Waals surface area contributed by atoms with Gasteiger partial charge in [0, 0.05) is 0 Å². The molecule has 2 N–H and O–H groups in total. The molecule has 0 aliphatic heterocycles. The Bertz CT molecular complexity index is 1690. The number of aromatic carboxylic acids is 2. The summed E-state index contributed by atoms with van der Waals surface area (Å²) < 4.78 is 1.38. The van der Waals surface area contributed by atoms with Gasteiger partial charge in [-0.25, -0.2) is 18.7 Å². The van der Waals surface area contributed by atoms with Gasteiger partial charge >= 0.3 is 11.9 Å². The molecule has 0 radical (unpaired) electrons. The van der Waals surface area contributed by atoms with Crippen LogP contribution in [-0.4, -0.2) is 31.3 Å². The predicted octanol–water partition coefficient (Wildman–Crippen LogP) is 1.29. The first kappa shape index (κ1) is 20.8. The number of hydrogen-bond donors (Lipinski definition) is 2. The molecule has 10 nitrogen and oxygen atoms in total. The van der Waals surface area contributed by atoms with Crippen LogP contribution in [0.15, 0.2) is 79.8 Å². The summed E-state index contributed by atoms with van der Waals surface area (Å²) in [5, 5.41) is 18.2. The molecule has 0 aliphatic rings. The average molecular weight is 456 g/mol. The molecule has 0 saturated carbocycles. The van der Waals surface area contributed by atoms with Crippen molar-refractivity contribution in [2.75, 3.05) is 0 Å². The molecule has 5 aromatic rings. The summed E-state index contributed by atoms with van der Waals surface area (Å²) in [7, 11) is 0. The molecule has 0 bridgehead atoms. The average Bonchev–Trinajstić information content (AvgIpc) is 3.21. The maximum absolute atomic E-state index is 13.1. The van der Waals surface area contributed by atoms with Crippen LogP contribution < -0.4 is 22.2 Å². The van der Waals surface area contributed by atoms with Crippen molar-refractivity contribution in [3.63, 3.8) is 0 Å². The van der Waals surface area contributed by atoms with E-state index in [1.807, 2.05) is 0 Å². The fourth-order valence-electron chi connectivity index (χ4n) is 4.11. The summed E-state index contributed by atoms with van der Waals surface area (Å²) >= 11 is 0. The van der Waals surface area contributed by atoms with E-state index in [0.717, 1.165) is 12.1 Å². The lowest BCUT2D eigenvalue weighted by Crippen LogP contribution is -2.26. The maximum atomic E-state index is 13.1. The van der Waals surface area contributed by atoms with Crippen LogP contribution >= 0.6 is 0 Å².